The largest absolute Gasteiger partial charge is 0.483 e. The van der Waals surface area contributed by atoms with Crippen LogP contribution in [-0.4, -0.2) is 138 Å². The number of nitro benzene ring substituents is 1. The topological polar surface area (TPSA) is 230 Å². The van der Waals surface area contributed by atoms with Crippen molar-refractivity contribution in [2.75, 3.05) is 74.2 Å². The van der Waals surface area contributed by atoms with Gasteiger partial charge in [-0.15, -0.1) is 0 Å². The first-order valence-corrected chi connectivity index (χ1v) is 30.9. The Morgan fingerprint density at radius 2 is 1.73 bits per heavy atom. The number of fused-ring (bicyclic) bond motifs is 4. The molecule has 5 fully saturated rings. The molecule has 3 aromatic heterocycles. The molecule has 0 unspecified atom stereocenters. The van der Waals surface area contributed by atoms with Crippen molar-refractivity contribution in [3.05, 3.63) is 124 Å². The number of nitrogens with one attached hydrogen (secondary N) is 3. The van der Waals surface area contributed by atoms with Crippen LogP contribution in [0.5, 0.6) is 17.5 Å². The molecule has 438 valence electrons. The van der Waals surface area contributed by atoms with Crippen LogP contribution >= 0.6 is 0 Å². The number of H-pyrrole nitrogens is 1. The summed E-state index contributed by atoms with van der Waals surface area (Å²) < 4.78 is 55.9. The summed E-state index contributed by atoms with van der Waals surface area (Å²) >= 11 is 0. The highest BCUT2D eigenvalue weighted by atomic mass is 32.2. The Bertz CT molecular complexity index is 3570. The minimum atomic E-state index is -4.64. The molecule has 13 rings (SSSR count). The van der Waals surface area contributed by atoms with Crippen LogP contribution in [0.3, 0.4) is 0 Å². The van der Waals surface area contributed by atoms with E-state index in [9.17, 15) is 28.4 Å². The van der Waals surface area contributed by atoms with Gasteiger partial charge in [-0.2, -0.15) is 4.98 Å². The van der Waals surface area contributed by atoms with E-state index in [1.807, 2.05) is 57.4 Å². The summed E-state index contributed by atoms with van der Waals surface area (Å²) in [5.41, 5.74) is 5.32. The van der Waals surface area contributed by atoms with Crippen molar-refractivity contribution in [3.8, 4) is 17.5 Å². The number of aliphatic hydroxyl groups is 1. The van der Waals surface area contributed by atoms with Crippen LogP contribution in [0.15, 0.2) is 96.2 Å². The number of benzene rings is 3. The number of amides is 1. The third-order valence-electron chi connectivity index (χ3n) is 18.9. The average molecular weight is 1150 g/mol. The third-order valence-corrected chi connectivity index (χ3v) is 20.2. The van der Waals surface area contributed by atoms with Crippen LogP contribution in [0.2, 0.25) is 0 Å². The van der Waals surface area contributed by atoms with Crippen molar-refractivity contribution in [2.45, 2.75) is 132 Å². The second kappa shape index (κ2) is 21.5. The first kappa shape index (κ1) is 55.2. The van der Waals surface area contributed by atoms with E-state index in [2.05, 4.69) is 76.9 Å². The molecular formula is C62H74N10O10S. The standard InChI is InChI=1S/C62H74N10O10S/c1-39-7-5-6-8-46(39)53-36-68(35-42-16-23-64-59-55(42)80-38-60(2,3)82-59)26-27-70(53)44-32-62(33-44)20-24-69(25-21-62)43-9-11-47(50(30-43)71-49-17-28-79-37-54(49)81-58-52(71)29-41-15-22-63-56(41)66-58)57(73)67-83(77,78)45-10-12-48(51(31-45)72(75)76)65-34-40-13-18-61(4,74)19-14-40/h5-12,15-16,22-23,29-31,40,44,49,53-54,65,74H,13-14,17-21,24-28,32-38H2,1-4H3,(H,63,66)(H,67,73)/t40-,49-,53-,54-,61-/m0/s1. The van der Waals surface area contributed by atoms with E-state index >= 15 is 0 Å². The van der Waals surface area contributed by atoms with Gasteiger partial charge >= 0.3 is 0 Å². The molecule has 2 saturated carbocycles. The lowest BCUT2D eigenvalue weighted by molar-refractivity contribution is -0.384. The zero-order valence-electron chi connectivity index (χ0n) is 47.6. The first-order valence-electron chi connectivity index (χ1n) is 29.4. The number of hydrogen-bond acceptors (Lipinski definition) is 17. The number of piperazine rings is 1. The van der Waals surface area contributed by atoms with E-state index in [0.717, 1.165) is 106 Å². The highest BCUT2D eigenvalue weighted by Crippen LogP contribution is 2.54. The Labute approximate surface area is 484 Å². The lowest BCUT2D eigenvalue weighted by Gasteiger charge is -2.58. The van der Waals surface area contributed by atoms with Crippen molar-refractivity contribution in [3.63, 3.8) is 0 Å². The molecule has 8 heterocycles. The Morgan fingerprint density at radius 1 is 0.928 bits per heavy atom. The molecule has 21 heteroatoms. The van der Waals surface area contributed by atoms with Crippen molar-refractivity contribution < 1.29 is 42.2 Å². The van der Waals surface area contributed by atoms with Gasteiger partial charge in [-0.1, -0.05) is 24.3 Å². The highest BCUT2D eigenvalue weighted by Gasteiger charge is 2.51. The number of rotatable bonds is 13. The molecular weight excluding hydrogens is 1080 g/mol. The quantitative estimate of drug-likeness (QED) is 0.0624. The zero-order chi connectivity index (χ0) is 57.4. The van der Waals surface area contributed by atoms with Crippen molar-refractivity contribution in [2.24, 2.45) is 11.3 Å². The summed E-state index contributed by atoms with van der Waals surface area (Å²) in [4.78, 5) is 48.6. The maximum absolute atomic E-state index is 14.8. The summed E-state index contributed by atoms with van der Waals surface area (Å²) in [6.45, 7) is 14.8. The predicted octanol–water partition coefficient (Wildman–Crippen LogP) is 9.19. The van der Waals surface area contributed by atoms with Crippen molar-refractivity contribution in [1.29, 1.82) is 0 Å². The van der Waals surface area contributed by atoms with E-state index in [0.29, 0.717) is 80.5 Å². The van der Waals surface area contributed by atoms with Gasteiger partial charge in [-0.05, 0) is 156 Å². The molecule has 4 N–H and O–H groups in total. The highest BCUT2D eigenvalue weighted by molar-refractivity contribution is 7.90. The molecule has 3 saturated heterocycles. The summed E-state index contributed by atoms with van der Waals surface area (Å²) in [6, 6.07) is 24.4. The summed E-state index contributed by atoms with van der Waals surface area (Å²) in [5, 5.41) is 26.9. The van der Waals surface area contributed by atoms with Gasteiger partial charge in [-0.3, -0.25) is 24.7 Å². The van der Waals surface area contributed by atoms with Crippen LogP contribution in [0.4, 0.5) is 28.4 Å². The lowest BCUT2D eigenvalue weighted by Crippen LogP contribution is -2.60. The number of sulfonamides is 1. The van der Waals surface area contributed by atoms with E-state index in [1.165, 1.54) is 23.3 Å². The molecule has 3 atom stereocenters. The van der Waals surface area contributed by atoms with Gasteiger partial charge in [-0.25, -0.2) is 18.1 Å². The van der Waals surface area contributed by atoms with Gasteiger partial charge in [0.15, 0.2) is 5.75 Å². The molecule has 1 spiro atoms. The number of aromatic nitrogens is 3. The summed E-state index contributed by atoms with van der Waals surface area (Å²) in [7, 11) is -4.64. The number of aryl methyl sites for hydroxylation is 1. The maximum atomic E-state index is 14.8. The van der Waals surface area contributed by atoms with Crippen LogP contribution in [-0.2, 0) is 21.3 Å². The predicted molar refractivity (Wildman–Crippen MR) is 314 cm³/mol. The fraction of sp³-hybridized carbons (Fsp3) is 0.500. The first-order chi connectivity index (χ1) is 39.9. The molecule has 5 aliphatic heterocycles. The normalized spacial score (nSPS) is 25.2. The minimum absolute atomic E-state index is 0.106. The number of aromatic amines is 1. The molecule has 6 aromatic rings. The molecule has 0 bridgehead atoms. The minimum Gasteiger partial charge on any atom is -0.483 e. The fourth-order valence-electron chi connectivity index (χ4n) is 14.1. The Kier molecular flexibility index (Phi) is 14.3. The second-order valence-electron chi connectivity index (χ2n) is 25.2. The second-order valence-corrected chi connectivity index (χ2v) is 26.9. The van der Waals surface area contributed by atoms with Gasteiger partial charge in [0, 0.05) is 99.6 Å². The SMILES string of the molecule is Cc1ccccc1[C@@H]1CN(Cc2ccnc3c2OCC(C)(C)O3)CCN1C1CC2(CCN(c3ccc(C(=O)NS(=O)(=O)c4ccc(NC[C@H]5CC[C@](C)(O)CC5)c([N+](=O)[O-])c4)c(N4c5cc6cc[nH]c6nc5O[C@H]5COCC[C@@H]54)c3)CC2)C1. The number of piperidine rings is 1. The van der Waals surface area contributed by atoms with Crippen LogP contribution in [0, 0.1) is 28.4 Å². The van der Waals surface area contributed by atoms with E-state index in [1.54, 1.807) is 6.07 Å². The number of ether oxygens (including phenoxy) is 4. The van der Waals surface area contributed by atoms with Gasteiger partial charge in [0.05, 0.1) is 39.3 Å². The van der Waals surface area contributed by atoms with E-state index < -0.39 is 48.7 Å². The van der Waals surface area contributed by atoms with Gasteiger partial charge in [0.1, 0.15) is 35.3 Å². The number of hydrogen-bond donors (Lipinski definition) is 4. The Hall–Kier alpha value is -7.04. The fourth-order valence-corrected chi connectivity index (χ4v) is 15.1. The van der Waals surface area contributed by atoms with Crippen LogP contribution in [0.25, 0.3) is 11.0 Å². The molecule has 7 aliphatic rings. The number of pyridine rings is 2. The number of carbonyl (C=O) groups excluding carboxylic acids is 1. The molecule has 1 amide bonds. The Balaban J connectivity index is 0.746. The van der Waals surface area contributed by atoms with Crippen molar-refractivity contribution >= 4 is 55.4 Å². The zero-order valence-corrected chi connectivity index (χ0v) is 48.5. The number of nitro groups is 1. The molecule has 83 heavy (non-hydrogen) atoms. The van der Waals surface area contributed by atoms with Gasteiger partial charge in [0.2, 0.25) is 5.88 Å². The van der Waals surface area contributed by atoms with Gasteiger partial charge < -0.3 is 44.2 Å². The monoisotopic (exact) mass is 1150 g/mol. The van der Waals surface area contributed by atoms with Gasteiger partial charge in [0.25, 0.3) is 27.5 Å². The van der Waals surface area contributed by atoms with E-state index in [4.69, 9.17) is 23.9 Å². The maximum Gasteiger partial charge on any atom is 0.293 e. The Morgan fingerprint density at radius 3 is 2.53 bits per heavy atom. The summed E-state index contributed by atoms with van der Waals surface area (Å²) in [6.07, 6.45) is 10.8. The average Bonchev–Trinajstić information content (AvgIpc) is 2.47. The number of anilines is 4. The molecule has 20 nitrogen and oxygen atoms in total. The molecule has 0 radical (unpaired) electrons. The van der Waals surface area contributed by atoms with Crippen LogP contribution < -0.4 is 34.0 Å². The summed E-state index contributed by atoms with van der Waals surface area (Å²) in [5.74, 6) is 0.974. The number of carbonyl (C=O) groups is 1. The lowest BCUT2D eigenvalue weighted by atomic mass is 9.59. The van der Waals surface area contributed by atoms with E-state index in [-0.39, 0.29) is 34.7 Å². The van der Waals surface area contributed by atoms with Crippen molar-refractivity contribution in [1.82, 2.24) is 29.5 Å². The smallest absolute Gasteiger partial charge is 0.293 e. The molecule has 2 aliphatic carbocycles. The third kappa shape index (κ3) is 10.9. The van der Waals surface area contributed by atoms with Crippen LogP contribution in [0.1, 0.15) is 112 Å². The molecule has 3 aromatic carbocycles. The number of nitrogens with zero attached hydrogens (tertiary/aromatic N) is 7.